The number of rotatable bonds is 4. The normalized spacial score (nSPS) is 9.93. The first-order valence-corrected chi connectivity index (χ1v) is 4.61. The molecule has 0 aliphatic carbocycles. The molecule has 0 saturated carbocycles. The summed E-state index contributed by atoms with van der Waals surface area (Å²) in [5, 5.41) is 0. The lowest BCUT2D eigenvalue weighted by Crippen LogP contribution is -2.00. The molecule has 0 saturated heterocycles. The summed E-state index contributed by atoms with van der Waals surface area (Å²) < 4.78 is 17.1. The fourth-order valence-corrected chi connectivity index (χ4v) is 1.50. The van der Waals surface area contributed by atoms with Crippen molar-refractivity contribution in [3.8, 4) is 5.75 Å². The Morgan fingerprint density at radius 3 is 2.36 bits per heavy atom. The summed E-state index contributed by atoms with van der Waals surface area (Å²) in [4.78, 5) is 0. The van der Waals surface area contributed by atoms with E-state index in [1.54, 1.807) is 0 Å². The van der Waals surface area contributed by atoms with Gasteiger partial charge >= 0.3 is 0 Å². The molecule has 0 bridgehead atoms. The van der Waals surface area contributed by atoms with Crippen LogP contribution < -0.4 is 4.74 Å². The Morgan fingerprint density at radius 2 is 1.93 bits per heavy atom. The average molecular weight is 194 g/mol. The lowest BCUT2D eigenvalue weighted by atomic mass is 10.0. The van der Waals surface area contributed by atoms with E-state index in [9.17, 15) is 4.39 Å². The first kappa shape index (κ1) is 10.8. The number of alkyl halides is 1. The predicted molar refractivity (Wildman–Crippen MR) is 57.5 cm³/mol. The Kier molecular flexibility index (Phi) is 3.69. The maximum atomic E-state index is 11.9. The van der Waals surface area contributed by atoms with Gasteiger partial charge in [0.15, 0.2) is 0 Å². The SMILES string of the molecule is C=Cc1c(C)cc(OCCF)cc1C. The zero-order valence-electron chi connectivity index (χ0n) is 8.64. The van der Waals surface area contributed by atoms with Gasteiger partial charge in [0.25, 0.3) is 0 Å². The fraction of sp³-hybridized carbons (Fsp3) is 0.333. The van der Waals surface area contributed by atoms with E-state index in [4.69, 9.17) is 4.74 Å². The lowest BCUT2D eigenvalue weighted by Gasteiger charge is -2.09. The van der Waals surface area contributed by atoms with Crippen LogP contribution in [0.1, 0.15) is 16.7 Å². The summed E-state index contributed by atoms with van der Waals surface area (Å²) in [6.45, 7) is 7.39. The first-order valence-electron chi connectivity index (χ1n) is 4.61. The van der Waals surface area contributed by atoms with Gasteiger partial charge in [0, 0.05) is 0 Å². The van der Waals surface area contributed by atoms with Crippen molar-refractivity contribution in [3.63, 3.8) is 0 Å². The van der Waals surface area contributed by atoms with E-state index in [2.05, 4.69) is 6.58 Å². The highest BCUT2D eigenvalue weighted by Crippen LogP contribution is 2.22. The van der Waals surface area contributed by atoms with Crippen LogP contribution in [0.3, 0.4) is 0 Å². The Hall–Kier alpha value is -1.31. The quantitative estimate of drug-likeness (QED) is 0.714. The molecule has 0 N–H and O–H groups in total. The van der Waals surface area contributed by atoms with Gasteiger partial charge in [-0.3, -0.25) is 0 Å². The number of ether oxygens (including phenoxy) is 1. The largest absolute Gasteiger partial charge is 0.491 e. The smallest absolute Gasteiger partial charge is 0.123 e. The Bertz CT molecular complexity index is 308. The van der Waals surface area contributed by atoms with E-state index in [-0.39, 0.29) is 6.61 Å². The molecule has 14 heavy (non-hydrogen) atoms. The number of benzene rings is 1. The maximum Gasteiger partial charge on any atom is 0.123 e. The predicted octanol–water partition coefficient (Wildman–Crippen LogP) is 3.29. The van der Waals surface area contributed by atoms with Crippen LogP contribution >= 0.6 is 0 Å². The molecule has 0 radical (unpaired) electrons. The molecule has 1 nitrogen and oxygen atoms in total. The van der Waals surface area contributed by atoms with Crippen molar-refractivity contribution in [2.45, 2.75) is 13.8 Å². The standard InChI is InChI=1S/C12H15FO/c1-4-12-9(2)7-11(8-10(12)3)14-6-5-13/h4,7-8H,1,5-6H2,2-3H3. The highest BCUT2D eigenvalue weighted by Gasteiger charge is 2.02. The van der Waals surface area contributed by atoms with Gasteiger partial charge in [-0.05, 0) is 42.7 Å². The van der Waals surface area contributed by atoms with Crippen molar-refractivity contribution >= 4 is 6.08 Å². The van der Waals surface area contributed by atoms with E-state index in [1.165, 1.54) is 0 Å². The van der Waals surface area contributed by atoms with Crippen LogP contribution in [0.4, 0.5) is 4.39 Å². The molecule has 0 spiro atoms. The molecule has 1 aromatic carbocycles. The summed E-state index contributed by atoms with van der Waals surface area (Å²) in [7, 11) is 0. The topological polar surface area (TPSA) is 9.23 Å². The van der Waals surface area contributed by atoms with Crippen molar-refractivity contribution in [3.05, 3.63) is 35.4 Å². The molecule has 0 heterocycles. The van der Waals surface area contributed by atoms with Crippen molar-refractivity contribution in [2.24, 2.45) is 0 Å². The monoisotopic (exact) mass is 194 g/mol. The van der Waals surface area contributed by atoms with Crippen LogP contribution in [0.15, 0.2) is 18.7 Å². The third-order valence-corrected chi connectivity index (χ3v) is 2.12. The molecule has 0 aliphatic rings. The second-order valence-electron chi connectivity index (χ2n) is 3.21. The number of aryl methyl sites for hydroxylation is 2. The molecule has 1 aromatic rings. The van der Waals surface area contributed by atoms with Gasteiger partial charge in [0.2, 0.25) is 0 Å². The number of halogens is 1. The van der Waals surface area contributed by atoms with E-state index >= 15 is 0 Å². The number of hydrogen-bond acceptors (Lipinski definition) is 1. The molecule has 0 fully saturated rings. The van der Waals surface area contributed by atoms with E-state index in [1.807, 2.05) is 32.1 Å². The molecule has 0 unspecified atom stereocenters. The Labute approximate surface area is 84.2 Å². The van der Waals surface area contributed by atoms with Gasteiger partial charge in [0.1, 0.15) is 19.0 Å². The van der Waals surface area contributed by atoms with Crippen molar-refractivity contribution in [1.29, 1.82) is 0 Å². The van der Waals surface area contributed by atoms with Gasteiger partial charge in [-0.15, -0.1) is 0 Å². The van der Waals surface area contributed by atoms with E-state index < -0.39 is 6.67 Å². The third-order valence-electron chi connectivity index (χ3n) is 2.12. The third kappa shape index (κ3) is 2.34. The minimum absolute atomic E-state index is 0.117. The zero-order valence-corrected chi connectivity index (χ0v) is 8.64. The molecular formula is C12H15FO. The highest BCUT2D eigenvalue weighted by molar-refractivity contribution is 5.58. The minimum Gasteiger partial charge on any atom is -0.491 e. The van der Waals surface area contributed by atoms with Gasteiger partial charge < -0.3 is 4.74 Å². The second kappa shape index (κ2) is 4.80. The fourth-order valence-electron chi connectivity index (χ4n) is 1.50. The molecular weight excluding hydrogens is 179 g/mol. The molecule has 0 atom stereocenters. The van der Waals surface area contributed by atoms with Crippen LogP contribution in [0.5, 0.6) is 5.75 Å². The molecule has 1 rings (SSSR count). The van der Waals surface area contributed by atoms with Gasteiger partial charge in [-0.1, -0.05) is 12.7 Å². The summed E-state index contributed by atoms with van der Waals surface area (Å²) in [6, 6.07) is 3.80. The maximum absolute atomic E-state index is 11.9. The summed E-state index contributed by atoms with van der Waals surface area (Å²) >= 11 is 0. The minimum atomic E-state index is -0.457. The molecule has 0 aromatic heterocycles. The lowest BCUT2D eigenvalue weighted by molar-refractivity contribution is 0.273. The Balaban J connectivity index is 2.95. The Morgan fingerprint density at radius 1 is 1.36 bits per heavy atom. The van der Waals surface area contributed by atoms with Crippen LogP contribution in [0.25, 0.3) is 6.08 Å². The van der Waals surface area contributed by atoms with Gasteiger partial charge in [-0.25, -0.2) is 4.39 Å². The van der Waals surface area contributed by atoms with Crippen molar-refractivity contribution < 1.29 is 9.13 Å². The molecule has 0 aliphatic heterocycles. The van der Waals surface area contributed by atoms with Crippen LogP contribution in [0, 0.1) is 13.8 Å². The van der Waals surface area contributed by atoms with Crippen molar-refractivity contribution in [1.82, 2.24) is 0 Å². The van der Waals surface area contributed by atoms with Gasteiger partial charge in [0.05, 0.1) is 0 Å². The van der Waals surface area contributed by atoms with Crippen LogP contribution in [0.2, 0.25) is 0 Å². The summed E-state index contributed by atoms with van der Waals surface area (Å²) in [5.41, 5.74) is 3.33. The molecule has 76 valence electrons. The van der Waals surface area contributed by atoms with Crippen molar-refractivity contribution in [2.75, 3.05) is 13.3 Å². The van der Waals surface area contributed by atoms with Crippen LogP contribution in [-0.2, 0) is 0 Å². The van der Waals surface area contributed by atoms with E-state index in [0.29, 0.717) is 0 Å². The molecule has 0 amide bonds. The van der Waals surface area contributed by atoms with E-state index in [0.717, 1.165) is 22.4 Å². The van der Waals surface area contributed by atoms with Gasteiger partial charge in [-0.2, -0.15) is 0 Å². The molecule has 2 heteroatoms. The first-order chi connectivity index (χ1) is 6.69. The van der Waals surface area contributed by atoms with Crippen LogP contribution in [-0.4, -0.2) is 13.3 Å². The second-order valence-corrected chi connectivity index (χ2v) is 3.21. The number of hydrogen-bond donors (Lipinski definition) is 0. The average Bonchev–Trinajstić information content (AvgIpc) is 2.14. The zero-order chi connectivity index (χ0) is 10.6. The summed E-state index contributed by atoms with van der Waals surface area (Å²) in [6.07, 6.45) is 1.82. The highest BCUT2D eigenvalue weighted by atomic mass is 19.1. The summed E-state index contributed by atoms with van der Waals surface area (Å²) in [5.74, 6) is 0.725.